The molecule has 2 rings (SSSR count). The first-order valence-electron chi connectivity index (χ1n) is 6.38. The van der Waals surface area contributed by atoms with Gasteiger partial charge in [0.05, 0.1) is 29.8 Å². The van der Waals surface area contributed by atoms with Crippen LogP contribution in [0.5, 0.6) is 11.5 Å². The number of benzene rings is 1. The maximum Gasteiger partial charge on any atom is 0.162 e. The van der Waals surface area contributed by atoms with Gasteiger partial charge in [0, 0.05) is 23.3 Å². The zero-order valence-electron chi connectivity index (χ0n) is 11.2. The topological polar surface area (TPSA) is 52.6 Å². The van der Waals surface area contributed by atoms with Crippen LogP contribution in [-0.2, 0) is 15.6 Å². The Morgan fingerprint density at radius 2 is 1.95 bits per heavy atom. The van der Waals surface area contributed by atoms with Gasteiger partial charge in [-0.15, -0.1) is 0 Å². The minimum Gasteiger partial charge on any atom is -0.490 e. The molecule has 1 heterocycles. The number of carbonyl (C=O) groups excluding carboxylic acids is 1. The zero-order chi connectivity index (χ0) is 13.8. The molecule has 0 bridgehead atoms. The molecule has 1 aliphatic rings. The molecule has 0 spiro atoms. The maximum atomic E-state index is 12.1. The summed E-state index contributed by atoms with van der Waals surface area (Å²) in [6.45, 7) is 4.84. The van der Waals surface area contributed by atoms with Crippen LogP contribution in [-0.4, -0.2) is 29.0 Å². The summed E-state index contributed by atoms with van der Waals surface area (Å²) < 4.78 is 23.2. The molecule has 104 valence electrons. The van der Waals surface area contributed by atoms with Gasteiger partial charge in [-0.25, -0.2) is 0 Å². The largest absolute Gasteiger partial charge is 0.490 e. The molecule has 0 aliphatic carbocycles. The fraction of sp³-hybridized carbons (Fsp3) is 0.500. The first-order chi connectivity index (χ1) is 9.08. The SMILES string of the molecule is CC(C)C(=O)CS(=O)c1ccc2c(c1)OCCCO2. The number of hydrogen-bond donors (Lipinski definition) is 0. The van der Waals surface area contributed by atoms with Crippen molar-refractivity contribution in [3.63, 3.8) is 0 Å². The summed E-state index contributed by atoms with van der Waals surface area (Å²) in [5.41, 5.74) is 0. The average Bonchev–Trinajstić information content (AvgIpc) is 2.62. The highest BCUT2D eigenvalue weighted by Crippen LogP contribution is 2.31. The molecule has 0 saturated heterocycles. The van der Waals surface area contributed by atoms with Crippen LogP contribution >= 0.6 is 0 Å². The van der Waals surface area contributed by atoms with Crippen LogP contribution in [0.4, 0.5) is 0 Å². The quantitative estimate of drug-likeness (QED) is 0.849. The van der Waals surface area contributed by atoms with Crippen molar-refractivity contribution in [3.8, 4) is 11.5 Å². The number of ketones is 1. The highest BCUT2D eigenvalue weighted by Gasteiger charge is 2.16. The molecular formula is C14H18O4S. The van der Waals surface area contributed by atoms with Crippen molar-refractivity contribution in [3.05, 3.63) is 18.2 Å². The predicted molar refractivity (Wildman–Crippen MR) is 73.2 cm³/mol. The fourth-order valence-corrected chi connectivity index (χ4v) is 2.88. The van der Waals surface area contributed by atoms with E-state index in [2.05, 4.69) is 0 Å². The van der Waals surface area contributed by atoms with E-state index in [0.29, 0.717) is 29.6 Å². The van der Waals surface area contributed by atoms with E-state index in [4.69, 9.17) is 9.47 Å². The molecule has 1 aromatic rings. The van der Waals surface area contributed by atoms with E-state index in [0.717, 1.165) is 6.42 Å². The average molecular weight is 282 g/mol. The molecule has 1 aromatic carbocycles. The van der Waals surface area contributed by atoms with Gasteiger partial charge < -0.3 is 9.47 Å². The summed E-state index contributed by atoms with van der Waals surface area (Å²) in [7, 11) is -1.32. The monoisotopic (exact) mass is 282 g/mol. The number of rotatable bonds is 4. The number of Topliss-reactive ketones (excluding diaryl/α,β-unsaturated/α-hetero) is 1. The second kappa shape index (κ2) is 6.19. The van der Waals surface area contributed by atoms with Gasteiger partial charge in [0.2, 0.25) is 0 Å². The number of ether oxygens (including phenoxy) is 2. The number of hydrogen-bond acceptors (Lipinski definition) is 4. The summed E-state index contributed by atoms with van der Waals surface area (Å²) in [6, 6.07) is 5.20. The Kier molecular flexibility index (Phi) is 4.58. The lowest BCUT2D eigenvalue weighted by Gasteiger charge is -2.09. The fourth-order valence-electron chi connectivity index (χ4n) is 1.66. The molecule has 0 fully saturated rings. The lowest BCUT2D eigenvalue weighted by molar-refractivity contribution is -0.119. The number of fused-ring (bicyclic) bond motifs is 1. The molecule has 0 N–H and O–H groups in total. The summed E-state index contributed by atoms with van der Waals surface area (Å²) in [4.78, 5) is 12.2. The summed E-state index contributed by atoms with van der Waals surface area (Å²) in [5.74, 6) is 1.25. The summed E-state index contributed by atoms with van der Waals surface area (Å²) in [5, 5.41) is 0. The molecule has 1 atom stereocenters. The van der Waals surface area contributed by atoms with E-state index in [9.17, 15) is 9.00 Å². The molecule has 19 heavy (non-hydrogen) atoms. The molecular weight excluding hydrogens is 264 g/mol. The third-order valence-electron chi connectivity index (χ3n) is 2.90. The van der Waals surface area contributed by atoms with Crippen LogP contribution in [0.15, 0.2) is 23.1 Å². The molecule has 0 radical (unpaired) electrons. The van der Waals surface area contributed by atoms with E-state index in [1.807, 2.05) is 13.8 Å². The van der Waals surface area contributed by atoms with Crippen LogP contribution in [0.1, 0.15) is 20.3 Å². The van der Waals surface area contributed by atoms with E-state index in [1.165, 1.54) is 0 Å². The molecule has 1 unspecified atom stereocenters. The minimum absolute atomic E-state index is 0.00504. The van der Waals surface area contributed by atoms with E-state index in [-0.39, 0.29) is 17.5 Å². The van der Waals surface area contributed by atoms with Crippen LogP contribution in [0.2, 0.25) is 0 Å². The third-order valence-corrected chi connectivity index (χ3v) is 4.23. The highest BCUT2D eigenvalue weighted by atomic mass is 32.2. The second-order valence-corrected chi connectivity index (χ2v) is 6.22. The smallest absolute Gasteiger partial charge is 0.162 e. The Hall–Kier alpha value is -1.36. The molecule has 0 saturated carbocycles. The van der Waals surface area contributed by atoms with Crippen LogP contribution < -0.4 is 9.47 Å². The van der Waals surface area contributed by atoms with Gasteiger partial charge in [0.25, 0.3) is 0 Å². The lowest BCUT2D eigenvalue weighted by atomic mass is 10.1. The van der Waals surface area contributed by atoms with Crippen molar-refractivity contribution in [1.82, 2.24) is 0 Å². The summed E-state index contributed by atoms with van der Waals surface area (Å²) in [6.07, 6.45) is 0.832. The van der Waals surface area contributed by atoms with Gasteiger partial charge in [0.15, 0.2) is 11.5 Å². The Morgan fingerprint density at radius 1 is 1.26 bits per heavy atom. The van der Waals surface area contributed by atoms with Crippen molar-refractivity contribution < 1.29 is 18.5 Å². The maximum absolute atomic E-state index is 12.1. The highest BCUT2D eigenvalue weighted by molar-refractivity contribution is 7.85. The van der Waals surface area contributed by atoms with Crippen molar-refractivity contribution >= 4 is 16.6 Å². The zero-order valence-corrected chi connectivity index (χ0v) is 12.0. The Balaban J connectivity index is 2.15. The van der Waals surface area contributed by atoms with Gasteiger partial charge in [-0.3, -0.25) is 9.00 Å². The van der Waals surface area contributed by atoms with Gasteiger partial charge in [-0.2, -0.15) is 0 Å². The molecule has 1 aliphatic heterocycles. The van der Waals surface area contributed by atoms with E-state index in [1.54, 1.807) is 18.2 Å². The number of carbonyl (C=O) groups is 1. The first kappa shape index (κ1) is 14.1. The second-order valence-electron chi connectivity index (χ2n) is 4.77. The van der Waals surface area contributed by atoms with Crippen molar-refractivity contribution in [2.75, 3.05) is 19.0 Å². The molecule has 0 amide bonds. The first-order valence-corrected chi connectivity index (χ1v) is 7.70. The molecule has 4 nitrogen and oxygen atoms in total. The summed E-state index contributed by atoms with van der Waals surface area (Å²) >= 11 is 0. The molecule has 0 aromatic heterocycles. The van der Waals surface area contributed by atoms with Crippen molar-refractivity contribution in [1.29, 1.82) is 0 Å². The van der Waals surface area contributed by atoms with Crippen LogP contribution in [0.25, 0.3) is 0 Å². The van der Waals surface area contributed by atoms with Crippen molar-refractivity contribution in [2.24, 2.45) is 5.92 Å². The Morgan fingerprint density at radius 3 is 2.63 bits per heavy atom. The van der Waals surface area contributed by atoms with Crippen LogP contribution in [0, 0.1) is 5.92 Å². The molecule has 5 heteroatoms. The minimum atomic E-state index is -1.32. The van der Waals surface area contributed by atoms with Gasteiger partial charge >= 0.3 is 0 Å². The Bertz CT molecular complexity index is 496. The van der Waals surface area contributed by atoms with E-state index >= 15 is 0 Å². The lowest BCUT2D eigenvalue weighted by Crippen LogP contribution is -2.16. The van der Waals surface area contributed by atoms with E-state index < -0.39 is 10.8 Å². The van der Waals surface area contributed by atoms with Gasteiger partial charge in [-0.05, 0) is 12.1 Å². The van der Waals surface area contributed by atoms with Crippen LogP contribution in [0.3, 0.4) is 0 Å². The third kappa shape index (κ3) is 3.56. The van der Waals surface area contributed by atoms with Gasteiger partial charge in [-0.1, -0.05) is 13.8 Å². The predicted octanol–water partition coefficient (Wildman–Crippen LogP) is 2.18. The Labute approximate surface area is 115 Å². The van der Waals surface area contributed by atoms with Crippen molar-refractivity contribution in [2.45, 2.75) is 25.2 Å². The standard InChI is InChI=1S/C14H18O4S/c1-10(2)12(15)9-19(16)11-4-5-13-14(8-11)18-7-3-6-17-13/h4-5,8,10H,3,6-7,9H2,1-2H3. The van der Waals surface area contributed by atoms with Gasteiger partial charge in [0.1, 0.15) is 5.78 Å². The normalized spacial score (nSPS) is 15.9.